The van der Waals surface area contributed by atoms with Crippen LogP contribution in [0.25, 0.3) is 0 Å². The summed E-state index contributed by atoms with van der Waals surface area (Å²) in [5.74, 6) is 0.307. The van der Waals surface area contributed by atoms with E-state index in [0.717, 1.165) is 27.1 Å². The number of furan rings is 1. The Kier molecular flexibility index (Phi) is 5.86. The number of thiophene rings is 1. The third kappa shape index (κ3) is 4.51. The average Bonchev–Trinajstić information content (AvgIpc) is 3.37. The van der Waals surface area contributed by atoms with Crippen molar-refractivity contribution in [1.82, 2.24) is 4.98 Å². The number of aryl methyl sites for hydroxylation is 2. The average molecular weight is 436 g/mol. The molecule has 0 saturated carbocycles. The SMILES string of the molecule is Cc1ccnc(N[C@H](c2ccc(F)cc2)c2c(NC(=O)c3ccco3)sc(C)c2C)c1. The van der Waals surface area contributed by atoms with Gasteiger partial charge in [-0.3, -0.25) is 4.79 Å². The molecule has 5 nitrogen and oxygen atoms in total. The van der Waals surface area contributed by atoms with E-state index in [1.54, 1.807) is 30.5 Å². The normalized spacial score (nSPS) is 11.9. The van der Waals surface area contributed by atoms with Gasteiger partial charge >= 0.3 is 0 Å². The summed E-state index contributed by atoms with van der Waals surface area (Å²) in [7, 11) is 0. The zero-order chi connectivity index (χ0) is 22.0. The number of carbonyl (C=O) groups excluding carboxylic acids is 1. The molecule has 0 aliphatic rings. The number of rotatable bonds is 6. The molecular formula is C24H22FN3O2S. The maximum atomic E-state index is 13.6. The van der Waals surface area contributed by atoms with Gasteiger partial charge in [0, 0.05) is 16.6 Å². The molecule has 7 heteroatoms. The third-order valence-electron chi connectivity index (χ3n) is 5.10. The first-order valence-electron chi connectivity index (χ1n) is 9.82. The van der Waals surface area contributed by atoms with Gasteiger partial charge in [0.05, 0.1) is 12.3 Å². The monoisotopic (exact) mass is 435 g/mol. The number of pyridine rings is 1. The second-order valence-electron chi connectivity index (χ2n) is 7.30. The lowest BCUT2D eigenvalue weighted by atomic mass is 9.96. The summed E-state index contributed by atoms with van der Waals surface area (Å²) in [5.41, 5.74) is 3.89. The van der Waals surface area contributed by atoms with Crippen LogP contribution >= 0.6 is 11.3 Å². The van der Waals surface area contributed by atoms with Crippen molar-refractivity contribution >= 4 is 28.1 Å². The van der Waals surface area contributed by atoms with Gasteiger partial charge in [-0.1, -0.05) is 12.1 Å². The highest BCUT2D eigenvalue weighted by atomic mass is 32.1. The van der Waals surface area contributed by atoms with Gasteiger partial charge < -0.3 is 15.1 Å². The Morgan fingerprint density at radius 3 is 2.58 bits per heavy atom. The molecule has 0 unspecified atom stereocenters. The Labute approximate surface area is 184 Å². The van der Waals surface area contributed by atoms with E-state index < -0.39 is 0 Å². The summed E-state index contributed by atoms with van der Waals surface area (Å²) in [6.45, 7) is 6.03. The maximum Gasteiger partial charge on any atom is 0.291 e. The van der Waals surface area contributed by atoms with Crippen LogP contribution in [-0.4, -0.2) is 10.9 Å². The van der Waals surface area contributed by atoms with E-state index in [-0.39, 0.29) is 23.5 Å². The van der Waals surface area contributed by atoms with Crippen molar-refractivity contribution in [3.63, 3.8) is 0 Å². The minimum Gasteiger partial charge on any atom is -0.459 e. The molecular weight excluding hydrogens is 413 g/mol. The number of aromatic nitrogens is 1. The van der Waals surface area contributed by atoms with E-state index in [0.29, 0.717) is 10.8 Å². The number of amides is 1. The second kappa shape index (κ2) is 8.73. The summed E-state index contributed by atoms with van der Waals surface area (Å²) in [6, 6.07) is 13.2. The van der Waals surface area contributed by atoms with Crippen LogP contribution in [0.5, 0.6) is 0 Å². The van der Waals surface area contributed by atoms with Gasteiger partial charge in [-0.2, -0.15) is 0 Å². The van der Waals surface area contributed by atoms with Gasteiger partial charge in [0.1, 0.15) is 16.6 Å². The van der Waals surface area contributed by atoms with Crippen molar-refractivity contribution in [3.8, 4) is 0 Å². The summed E-state index contributed by atoms with van der Waals surface area (Å²) in [6.07, 6.45) is 3.21. The molecule has 158 valence electrons. The van der Waals surface area contributed by atoms with Crippen LogP contribution < -0.4 is 10.6 Å². The van der Waals surface area contributed by atoms with Crippen molar-refractivity contribution in [2.45, 2.75) is 26.8 Å². The fourth-order valence-electron chi connectivity index (χ4n) is 3.40. The number of nitrogens with one attached hydrogen (secondary N) is 2. The quantitative estimate of drug-likeness (QED) is 0.375. The van der Waals surface area contributed by atoms with Gasteiger partial charge in [-0.15, -0.1) is 11.3 Å². The van der Waals surface area contributed by atoms with E-state index in [1.165, 1.54) is 29.7 Å². The first-order chi connectivity index (χ1) is 14.9. The molecule has 0 radical (unpaired) electrons. The lowest BCUT2D eigenvalue weighted by molar-refractivity contribution is 0.0997. The first-order valence-corrected chi connectivity index (χ1v) is 10.6. The summed E-state index contributed by atoms with van der Waals surface area (Å²) >= 11 is 1.50. The highest BCUT2D eigenvalue weighted by molar-refractivity contribution is 7.16. The summed E-state index contributed by atoms with van der Waals surface area (Å²) < 4.78 is 18.9. The van der Waals surface area contributed by atoms with Crippen LogP contribution in [0.3, 0.4) is 0 Å². The molecule has 0 aliphatic heterocycles. The van der Waals surface area contributed by atoms with E-state index in [4.69, 9.17) is 4.42 Å². The minimum atomic E-state index is -0.341. The minimum absolute atomic E-state index is 0.237. The van der Waals surface area contributed by atoms with Crippen LogP contribution in [0, 0.1) is 26.6 Å². The van der Waals surface area contributed by atoms with Crippen LogP contribution in [0.1, 0.15) is 43.7 Å². The van der Waals surface area contributed by atoms with E-state index in [1.807, 2.05) is 32.9 Å². The largest absolute Gasteiger partial charge is 0.459 e. The molecule has 0 fully saturated rings. The Balaban J connectivity index is 1.78. The molecule has 3 heterocycles. The third-order valence-corrected chi connectivity index (χ3v) is 6.24. The standard InChI is InChI=1S/C24H22FN3O2S/c1-14-10-11-26-20(13-14)27-22(17-6-8-18(25)9-7-17)21-15(2)16(3)31-24(21)28-23(29)19-5-4-12-30-19/h4-13,22H,1-3H3,(H,26,27)(H,28,29)/t22-/m1/s1. The zero-order valence-electron chi connectivity index (χ0n) is 17.4. The predicted molar refractivity (Wildman–Crippen MR) is 121 cm³/mol. The molecule has 4 aromatic rings. The number of carbonyl (C=O) groups is 1. The number of benzene rings is 1. The fourth-order valence-corrected chi connectivity index (χ4v) is 4.49. The van der Waals surface area contributed by atoms with Crippen molar-refractivity contribution < 1.29 is 13.6 Å². The van der Waals surface area contributed by atoms with Crippen LogP contribution in [-0.2, 0) is 0 Å². The molecule has 0 aliphatic carbocycles. The van der Waals surface area contributed by atoms with Gasteiger partial charge in [0.15, 0.2) is 5.76 Å². The van der Waals surface area contributed by atoms with Crippen molar-refractivity contribution in [2.24, 2.45) is 0 Å². The van der Waals surface area contributed by atoms with Crippen molar-refractivity contribution in [3.05, 3.63) is 99.7 Å². The maximum absolute atomic E-state index is 13.6. The van der Waals surface area contributed by atoms with Gasteiger partial charge in [-0.25, -0.2) is 9.37 Å². The van der Waals surface area contributed by atoms with Crippen LogP contribution in [0.4, 0.5) is 15.2 Å². The van der Waals surface area contributed by atoms with E-state index in [2.05, 4.69) is 15.6 Å². The van der Waals surface area contributed by atoms with E-state index >= 15 is 0 Å². The summed E-state index contributed by atoms with van der Waals surface area (Å²) in [5, 5.41) is 7.17. The molecule has 31 heavy (non-hydrogen) atoms. The number of anilines is 2. The molecule has 1 atom stereocenters. The number of halogens is 1. The zero-order valence-corrected chi connectivity index (χ0v) is 18.2. The first kappa shape index (κ1) is 20.8. The van der Waals surface area contributed by atoms with Crippen molar-refractivity contribution in [1.29, 1.82) is 0 Å². The van der Waals surface area contributed by atoms with Crippen LogP contribution in [0.15, 0.2) is 65.4 Å². The predicted octanol–water partition coefficient (Wildman–Crippen LogP) is 6.25. The van der Waals surface area contributed by atoms with Crippen molar-refractivity contribution in [2.75, 3.05) is 10.6 Å². The second-order valence-corrected chi connectivity index (χ2v) is 8.53. The number of nitrogens with zero attached hydrogens (tertiary/aromatic N) is 1. The molecule has 3 aromatic heterocycles. The Morgan fingerprint density at radius 2 is 1.90 bits per heavy atom. The lowest BCUT2D eigenvalue weighted by Crippen LogP contribution is -2.17. The molecule has 0 spiro atoms. The lowest BCUT2D eigenvalue weighted by Gasteiger charge is -2.22. The topological polar surface area (TPSA) is 67.2 Å². The Morgan fingerprint density at radius 1 is 1.13 bits per heavy atom. The molecule has 2 N–H and O–H groups in total. The van der Waals surface area contributed by atoms with Crippen LogP contribution in [0.2, 0.25) is 0 Å². The van der Waals surface area contributed by atoms with Gasteiger partial charge in [-0.05, 0) is 73.9 Å². The highest BCUT2D eigenvalue weighted by Crippen LogP contribution is 2.41. The smallest absolute Gasteiger partial charge is 0.291 e. The fraction of sp³-hybridized carbons (Fsp3) is 0.167. The highest BCUT2D eigenvalue weighted by Gasteiger charge is 2.25. The Bertz CT molecular complexity index is 1200. The summed E-state index contributed by atoms with van der Waals surface area (Å²) in [4.78, 5) is 18.2. The van der Waals surface area contributed by atoms with Gasteiger partial charge in [0.2, 0.25) is 0 Å². The Hall–Kier alpha value is -3.45. The molecule has 1 aromatic carbocycles. The molecule has 0 saturated heterocycles. The number of hydrogen-bond acceptors (Lipinski definition) is 5. The molecule has 0 bridgehead atoms. The molecule has 4 rings (SSSR count). The molecule has 1 amide bonds. The number of hydrogen-bond donors (Lipinski definition) is 2. The van der Waals surface area contributed by atoms with E-state index in [9.17, 15) is 9.18 Å². The van der Waals surface area contributed by atoms with Gasteiger partial charge in [0.25, 0.3) is 5.91 Å².